The molecule has 3 aromatic rings. The summed E-state index contributed by atoms with van der Waals surface area (Å²) in [5, 5.41) is 9.89. The van der Waals surface area contributed by atoms with Gasteiger partial charge in [0.2, 0.25) is 0 Å². The fourth-order valence-electron chi connectivity index (χ4n) is 3.96. The molecule has 1 aliphatic heterocycles. The Kier molecular flexibility index (Phi) is 6.22. The van der Waals surface area contributed by atoms with Gasteiger partial charge in [-0.15, -0.1) is 11.3 Å². The van der Waals surface area contributed by atoms with Gasteiger partial charge in [0.15, 0.2) is 0 Å². The quantitative estimate of drug-likeness (QED) is 0.615. The second-order valence-corrected chi connectivity index (χ2v) is 8.33. The first-order valence-electron chi connectivity index (χ1n) is 10.0. The van der Waals surface area contributed by atoms with Crippen molar-refractivity contribution in [2.45, 2.75) is 25.4 Å². The van der Waals surface area contributed by atoms with Crippen LogP contribution in [0.1, 0.15) is 29.3 Å². The molecule has 2 aromatic carbocycles. The molecule has 0 saturated carbocycles. The van der Waals surface area contributed by atoms with E-state index in [4.69, 9.17) is 0 Å². The highest BCUT2D eigenvalue weighted by Crippen LogP contribution is 2.30. The highest BCUT2D eigenvalue weighted by atomic mass is 32.1. The maximum Gasteiger partial charge on any atom is 0.309 e. The summed E-state index contributed by atoms with van der Waals surface area (Å²) in [4.78, 5) is 28.0. The van der Waals surface area contributed by atoms with Gasteiger partial charge < -0.3 is 10.6 Å². The maximum atomic E-state index is 12.4. The molecule has 4 rings (SSSR count). The van der Waals surface area contributed by atoms with Crippen LogP contribution in [0.25, 0.3) is 10.8 Å². The molecule has 6 heteroatoms. The molecule has 1 fully saturated rings. The van der Waals surface area contributed by atoms with E-state index in [0.717, 1.165) is 30.8 Å². The van der Waals surface area contributed by atoms with Gasteiger partial charge in [-0.05, 0) is 53.7 Å². The van der Waals surface area contributed by atoms with E-state index in [0.29, 0.717) is 13.1 Å². The lowest BCUT2D eigenvalue weighted by Gasteiger charge is -2.29. The summed E-state index contributed by atoms with van der Waals surface area (Å²) in [5.41, 5.74) is 1.20. The van der Waals surface area contributed by atoms with Gasteiger partial charge in [-0.25, -0.2) is 0 Å². The van der Waals surface area contributed by atoms with Crippen LogP contribution in [0.15, 0.2) is 60.0 Å². The molecule has 1 aromatic heterocycles. The average molecular weight is 408 g/mol. The van der Waals surface area contributed by atoms with Gasteiger partial charge >= 0.3 is 11.8 Å². The van der Waals surface area contributed by atoms with E-state index in [-0.39, 0.29) is 6.04 Å². The number of hydrogen-bond donors (Lipinski definition) is 2. The molecular weight excluding hydrogens is 382 g/mol. The normalized spacial score (nSPS) is 15.3. The van der Waals surface area contributed by atoms with Crippen molar-refractivity contribution in [1.29, 1.82) is 0 Å². The van der Waals surface area contributed by atoms with E-state index in [1.54, 1.807) is 11.3 Å². The molecule has 1 saturated heterocycles. The van der Waals surface area contributed by atoms with Crippen LogP contribution in [0, 0.1) is 0 Å². The Bertz CT molecular complexity index is 975. The van der Waals surface area contributed by atoms with Gasteiger partial charge in [-0.3, -0.25) is 14.5 Å². The zero-order valence-electron chi connectivity index (χ0n) is 16.3. The van der Waals surface area contributed by atoms with E-state index in [9.17, 15) is 9.59 Å². The molecule has 2 N–H and O–H groups in total. The molecular formula is C23H25N3O2S. The monoisotopic (exact) mass is 407 g/mol. The largest absolute Gasteiger partial charge is 0.346 e. The number of hydrogen-bond acceptors (Lipinski definition) is 4. The molecule has 0 unspecified atom stereocenters. The summed E-state index contributed by atoms with van der Waals surface area (Å²) >= 11 is 1.56. The number of carbonyl (C=O) groups is 2. The number of thiophene rings is 1. The fraction of sp³-hybridized carbons (Fsp3) is 0.304. The van der Waals surface area contributed by atoms with Crippen LogP contribution in [0.3, 0.4) is 0 Å². The standard InChI is InChI=1S/C23H25N3O2S/c27-22(24-15-18-9-6-14-29-18)23(28)25-16-21(26-12-3-4-13-26)20-11-5-8-17-7-1-2-10-19(17)20/h1-2,5-11,14,21H,3-4,12-13,15-16H2,(H,24,27)(H,25,28)/t21-/m1/s1. The number of carbonyl (C=O) groups excluding carboxylic acids is 2. The predicted molar refractivity (Wildman–Crippen MR) is 117 cm³/mol. The second kappa shape index (κ2) is 9.20. The van der Waals surface area contributed by atoms with Gasteiger partial charge in [-0.2, -0.15) is 0 Å². The Morgan fingerprint density at radius 1 is 0.931 bits per heavy atom. The Morgan fingerprint density at radius 2 is 1.69 bits per heavy atom. The van der Waals surface area contributed by atoms with Crippen LogP contribution >= 0.6 is 11.3 Å². The predicted octanol–water partition coefficient (Wildman–Crippen LogP) is 3.47. The molecule has 2 heterocycles. The number of benzene rings is 2. The third-order valence-electron chi connectivity index (χ3n) is 5.43. The van der Waals surface area contributed by atoms with E-state index >= 15 is 0 Å². The summed E-state index contributed by atoms with van der Waals surface area (Å²) in [7, 11) is 0. The number of likely N-dealkylation sites (tertiary alicyclic amines) is 1. The van der Waals surface area contributed by atoms with Crippen molar-refractivity contribution in [3.05, 3.63) is 70.4 Å². The van der Waals surface area contributed by atoms with E-state index < -0.39 is 11.8 Å². The Labute approximate surface area is 174 Å². The highest BCUT2D eigenvalue weighted by Gasteiger charge is 2.26. The number of nitrogens with one attached hydrogen (secondary N) is 2. The van der Waals surface area contributed by atoms with Crippen molar-refractivity contribution < 1.29 is 9.59 Å². The molecule has 0 aliphatic carbocycles. The lowest BCUT2D eigenvalue weighted by molar-refractivity contribution is -0.139. The topological polar surface area (TPSA) is 61.4 Å². The van der Waals surface area contributed by atoms with Crippen molar-refractivity contribution in [3.63, 3.8) is 0 Å². The Balaban J connectivity index is 1.46. The van der Waals surface area contributed by atoms with Crippen LogP contribution < -0.4 is 10.6 Å². The second-order valence-electron chi connectivity index (χ2n) is 7.30. The van der Waals surface area contributed by atoms with Gasteiger partial charge in [0.25, 0.3) is 0 Å². The lowest BCUT2D eigenvalue weighted by Crippen LogP contribution is -2.43. The van der Waals surface area contributed by atoms with Crippen molar-refractivity contribution in [2.24, 2.45) is 0 Å². The van der Waals surface area contributed by atoms with Gasteiger partial charge in [0, 0.05) is 11.4 Å². The molecule has 1 aliphatic rings. The lowest BCUT2D eigenvalue weighted by atomic mass is 9.97. The number of amides is 2. The molecule has 29 heavy (non-hydrogen) atoms. The van der Waals surface area contributed by atoms with E-state index in [2.05, 4.69) is 45.9 Å². The minimum absolute atomic E-state index is 0.0534. The van der Waals surface area contributed by atoms with Crippen LogP contribution in [-0.2, 0) is 16.1 Å². The molecule has 5 nitrogen and oxygen atoms in total. The van der Waals surface area contributed by atoms with Gasteiger partial charge in [0.05, 0.1) is 12.6 Å². The zero-order chi connectivity index (χ0) is 20.1. The molecule has 0 spiro atoms. The van der Waals surface area contributed by atoms with Crippen molar-refractivity contribution in [1.82, 2.24) is 15.5 Å². The third kappa shape index (κ3) is 4.66. The summed E-state index contributed by atoms with van der Waals surface area (Å²) in [6.45, 7) is 2.81. The Hall–Kier alpha value is -2.70. The zero-order valence-corrected chi connectivity index (χ0v) is 17.1. The molecule has 2 amide bonds. The van der Waals surface area contributed by atoms with Crippen molar-refractivity contribution in [3.8, 4) is 0 Å². The van der Waals surface area contributed by atoms with Gasteiger partial charge in [0.1, 0.15) is 0 Å². The van der Waals surface area contributed by atoms with Gasteiger partial charge in [-0.1, -0.05) is 48.5 Å². The first-order chi connectivity index (χ1) is 14.2. The van der Waals surface area contributed by atoms with Crippen LogP contribution in [0.2, 0.25) is 0 Å². The van der Waals surface area contributed by atoms with Crippen LogP contribution in [-0.4, -0.2) is 36.3 Å². The van der Waals surface area contributed by atoms with Crippen LogP contribution in [0.4, 0.5) is 0 Å². The summed E-state index contributed by atoms with van der Waals surface area (Å²) in [6, 6.07) is 18.5. The Morgan fingerprint density at radius 3 is 2.48 bits per heavy atom. The smallest absolute Gasteiger partial charge is 0.309 e. The van der Waals surface area contributed by atoms with E-state index in [1.165, 1.54) is 16.3 Å². The molecule has 0 radical (unpaired) electrons. The first-order valence-corrected chi connectivity index (χ1v) is 10.9. The third-order valence-corrected chi connectivity index (χ3v) is 6.31. The summed E-state index contributed by atoms with van der Waals surface area (Å²) < 4.78 is 0. The minimum Gasteiger partial charge on any atom is -0.346 e. The SMILES string of the molecule is O=C(NCc1cccs1)C(=O)NC[C@H](c1cccc2ccccc12)N1CCCC1. The average Bonchev–Trinajstić information content (AvgIpc) is 3.46. The number of fused-ring (bicyclic) bond motifs is 1. The first kappa shape index (κ1) is 19.6. The maximum absolute atomic E-state index is 12.4. The molecule has 0 bridgehead atoms. The molecule has 150 valence electrons. The number of rotatable bonds is 6. The van der Waals surface area contributed by atoms with Crippen molar-refractivity contribution in [2.75, 3.05) is 19.6 Å². The van der Waals surface area contributed by atoms with E-state index in [1.807, 2.05) is 29.6 Å². The van der Waals surface area contributed by atoms with Crippen molar-refractivity contribution >= 4 is 33.9 Å². The summed E-state index contributed by atoms with van der Waals surface area (Å²) in [5.74, 6) is -1.16. The minimum atomic E-state index is -0.587. The highest BCUT2D eigenvalue weighted by molar-refractivity contribution is 7.09. The molecule has 1 atom stereocenters. The summed E-state index contributed by atoms with van der Waals surface area (Å²) in [6.07, 6.45) is 2.33. The fourth-order valence-corrected chi connectivity index (χ4v) is 4.61. The number of nitrogens with zero attached hydrogens (tertiary/aromatic N) is 1. The van der Waals surface area contributed by atoms with Crippen LogP contribution in [0.5, 0.6) is 0 Å².